The third-order valence-electron chi connectivity index (χ3n) is 2.95. The first-order valence-electron chi connectivity index (χ1n) is 5.61. The number of nitrogen functional groups attached to an aromatic ring is 1. The average molecular weight is 341 g/mol. The Kier molecular flexibility index (Phi) is 4.75. The van der Waals surface area contributed by atoms with Gasteiger partial charge in [0.15, 0.2) is 9.84 Å². The highest BCUT2D eigenvalue weighted by atomic mass is 35.5. The van der Waals surface area contributed by atoms with Crippen LogP contribution in [-0.4, -0.2) is 34.4 Å². The Morgan fingerprint density at radius 1 is 1.25 bits per heavy atom. The fourth-order valence-electron chi connectivity index (χ4n) is 1.24. The number of rotatable bonds is 5. The molecule has 20 heavy (non-hydrogen) atoms. The molecule has 0 bridgehead atoms. The molecule has 0 aliphatic heterocycles. The normalized spacial score (nSPS) is 13.4. The summed E-state index contributed by atoms with van der Waals surface area (Å²) in [5.41, 5.74) is 5.61. The first-order valence-corrected chi connectivity index (χ1v) is 9.36. The number of hydrogen-bond donors (Lipinski definition) is 2. The molecule has 1 aromatic carbocycles. The van der Waals surface area contributed by atoms with Crippen LogP contribution in [0.1, 0.15) is 13.8 Å². The number of nitrogens with two attached hydrogens (primary N) is 1. The Bertz CT molecular complexity index is 712. The number of nitrogens with one attached hydrogen (secondary N) is 1. The molecule has 114 valence electrons. The quantitative estimate of drug-likeness (QED) is 0.778. The molecule has 0 spiro atoms. The van der Waals surface area contributed by atoms with Gasteiger partial charge in [0.2, 0.25) is 10.0 Å². The van der Waals surface area contributed by atoms with Crippen LogP contribution in [0, 0.1) is 0 Å². The van der Waals surface area contributed by atoms with E-state index < -0.39 is 24.6 Å². The fourth-order valence-corrected chi connectivity index (χ4v) is 3.17. The summed E-state index contributed by atoms with van der Waals surface area (Å²) in [7, 11) is -7.30. The third-order valence-corrected chi connectivity index (χ3v) is 6.82. The van der Waals surface area contributed by atoms with Crippen molar-refractivity contribution >= 4 is 37.1 Å². The van der Waals surface area contributed by atoms with Crippen LogP contribution >= 0.6 is 11.6 Å². The van der Waals surface area contributed by atoms with Gasteiger partial charge in [0.1, 0.15) is 4.90 Å². The molecule has 6 nitrogen and oxygen atoms in total. The van der Waals surface area contributed by atoms with E-state index in [1.165, 1.54) is 32.0 Å². The standard InChI is InChI=1S/C11H17ClN2O4S2/c1-11(2,19(3,15)16)7-14-20(17,18)10-5-4-8(12)6-9(10)13/h4-6,14H,7,13H2,1-3H3. The Hall–Kier alpha value is -0.830. The highest BCUT2D eigenvalue weighted by Gasteiger charge is 2.32. The number of benzene rings is 1. The Balaban J connectivity index is 3.03. The molecule has 0 aliphatic carbocycles. The molecule has 0 heterocycles. The molecule has 9 heteroatoms. The maximum atomic E-state index is 12.1. The van der Waals surface area contributed by atoms with E-state index in [4.69, 9.17) is 17.3 Å². The van der Waals surface area contributed by atoms with Gasteiger partial charge in [-0.15, -0.1) is 0 Å². The SMILES string of the molecule is CC(C)(CNS(=O)(=O)c1ccc(Cl)cc1N)S(C)(=O)=O. The molecule has 3 N–H and O–H groups in total. The zero-order chi connectivity index (χ0) is 15.8. The zero-order valence-electron chi connectivity index (χ0n) is 11.3. The van der Waals surface area contributed by atoms with Crippen molar-refractivity contribution in [1.82, 2.24) is 4.72 Å². The molecule has 1 rings (SSSR count). The van der Waals surface area contributed by atoms with Crippen LogP contribution in [0.15, 0.2) is 23.1 Å². The van der Waals surface area contributed by atoms with Gasteiger partial charge < -0.3 is 5.73 Å². The average Bonchev–Trinajstić information content (AvgIpc) is 2.24. The first kappa shape index (κ1) is 17.2. The van der Waals surface area contributed by atoms with Gasteiger partial charge in [0.05, 0.1) is 10.4 Å². The minimum Gasteiger partial charge on any atom is -0.398 e. The summed E-state index contributed by atoms with van der Waals surface area (Å²) in [6.45, 7) is 2.63. The topological polar surface area (TPSA) is 106 Å². The van der Waals surface area contributed by atoms with Crippen molar-refractivity contribution in [1.29, 1.82) is 0 Å². The summed E-state index contributed by atoms with van der Waals surface area (Å²) in [5.74, 6) is 0. The molecule has 0 saturated carbocycles. The lowest BCUT2D eigenvalue weighted by molar-refractivity contribution is 0.537. The monoisotopic (exact) mass is 340 g/mol. The summed E-state index contributed by atoms with van der Waals surface area (Å²) in [6, 6.07) is 3.99. The maximum absolute atomic E-state index is 12.1. The Morgan fingerprint density at radius 2 is 1.80 bits per heavy atom. The van der Waals surface area contributed by atoms with Crippen LogP contribution in [0.3, 0.4) is 0 Å². The second-order valence-corrected chi connectivity index (χ2v) is 9.86. The van der Waals surface area contributed by atoms with Crippen LogP contribution in [0.25, 0.3) is 0 Å². The minimum absolute atomic E-state index is 0.00200. The first-order chi connectivity index (χ1) is 8.87. The Morgan fingerprint density at radius 3 is 2.25 bits per heavy atom. The summed E-state index contributed by atoms with van der Waals surface area (Å²) in [6.07, 6.45) is 1.05. The lowest BCUT2D eigenvalue weighted by atomic mass is 10.2. The third kappa shape index (κ3) is 3.85. The number of hydrogen-bond acceptors (Lipinski definition) is 5. The smallest absolute Gasteiger partial charge is 0.242 e. The predicted molar refractivity (Wildman–Crippen MR) is 80.0 cm³/mol. The number of sulfone groups is 1. The van der Waals surface area contributed by atoms with Crippen molar-refractivity contribution in [2.45, 2.75) is 23.5 Å². The molecule has 0 unspecified atom stereocenters. The van der Waals surface area contributed by atoms with Crippen LogP contribution in [0.5, 0.6) is 0 Å². The number of sulfonamides is 1. The van der Waals surface area contributed by atoms with E-state index in [2.05, 4.69) is 4.72 Å². The van der Waals surface area contributed by atoms with Gasteiger partial charge in [0.25, 0.3) is 0 Å². The maximum Gasteiger partial charge on any atom is 0.242 e. The van der Waals surface area contributed by atoms with Gasteiger partial charge in [-0.05, 0) is 32.0 Å². The van der Waals surface area contributed by atoms with Crippen molar-refractivity contribution < 1.29 is 16.8 Å². The van der Waals surface area contributed by atoms with Crippen LogP contribution in [0.2, 0.25) is 5.02 Å². The fraction of sp³-hybridized carbons (Fsp3) is 0.455. The molecule has 0 aromatic heterocycles. The number of anilines is 1. The summed E-state index contributed by atoms with van der Waals surface area (Å²) in [4.78, 5) is -0.133. The van der Waals surface area contributed by atoms with Crippen molar-refractivity contribution in [3.63, 3.8) is 0 Å². The van der Waals surface area contributed by atoms with Crippen LogP contribution in [0.4, 0.5) is 5.69 Å². The molecule has 0 fully saturated rings. The molecule has 1 aromatic rings. The largest absolute Gasteiger partial charge is 0.398 e. The van der Waals surface area contributed by atoms with E-state index in [0.717, 1.165) is 6.26 Å². The van der Waals surface area contributed by atoms with Crippen molar-refractivity contribution in [2.24, 2.45) is 0 Å². The van der Waals surface area contributed by atoms with Crippen LogP contribution in [-0.2, 0) is 19.9 Å². The summed E-state index contributed by atoms with van der Waals surface area (Å²) >= 11 is 5.70. The molecular formula is C11H17ClN2O4S2. The van der Waals surface area contributed by atoms with Gasteiger partial charge in [-0.25, -0.2) is 21.6 Å². The predicted octanol–water partition coefficient (Wildman–Crippen LogP) is 1.02. The van der Waals surface area contributed by atoms with Crippen molar-refractivity contribution in [3.05, 3.63) is 23.2 Å². The zero-order valence-corrected chi connectivity index (χ0v) is 13.7. The van der Waals surface area contributed by atoms with Crippen LogP contribution < -0.4 is 10.5 Å². The van der Waals surface area contributed by atoms with Gasteiger partial charge >= 0.3 is 0 Å². The van der Waals surface area contributed by atoms with Gasteiger partial charge in [-0.2, -0.15) is 0 Å². The molecule has 0 aliphatic rings. The molecule has 0 amide bonds. The molecule has 0 saturated heterocycles. The molecule has 0 radical (unpaired) electrons. The lowest BCUT2D eigenvalue weighted by Gasteiger charge is -2.22. The van der Waals surface area contributed by atoms with Crippen molar-refractivity contribution in [3.8, 4) is 0 Å². The van der Waals surface area contributed by atoms with Gasteiger partial charge in [0, 0.05) is 17.8 Å². The minimum atomic E-state index is -3.90. The van der Waals surface area contributed by atoms with E-state index in [9.17, 15) is 16.8 Å². The number of halogens is 1. The Labute approximate surface area is 124 Å². The molecule has 0 atom stereocenters. The van der Waals surface area contributed by atoms with Crippen molar-refractivity contribution in [2.75, 3.05) is 18.5 Å². The van der Waals surface area contributed by atoms with E-state index in [-0.39, 0.29) is 17.1 Å². The second kappa shape index (κ2) is 5.51. The molecular weight excluding hydrogens is 324 g/mol. The van der Waals surface area contributed by atoms with E-state index >= 15 is 0 Å². The van der Waals surface area contributed by atoms with E-state index in [1.54, 1.807) is 0 Å². The summed E-state index contributed by atoms with van der Waals surface area (Å²) < 4.78 is 48.3. The second-order valence-electron chi connectivity index (χ2n) is 5.04. The lowest BCUT2D eigenvalue weighted by Crippen LogP contribution is -2.43. The summed E-state index contributed by atoms with van der Waals surface area (Å²) in [5, 5.41) is 0.318. The van der Waals surface area contributed by atoms with Gasteiger partial charge in [-0.3, -0.25) is 0 Å². The van der Waals surface area contributed by atoms with E-state index in [0.29, 0.717) is 5.02 Å². The van der Waals surface area contributed by atoms with E-state index in [1.807, 2.05) is 0 Å². The highest BCUT2D eigenvalue weighted by Crippen LogP contribution is 2.23. The highest BCUT2D eigenvalue weighted by molar-refractivity contribution is 7.92. The van der Waals surface area contributed by atoms with Gasteiger partial charge in [-0.1, -0.05) is 11.6 Å².